The SMILES string of the molecule is C=C(CC)CCC(=O)N/C(=C/C)CCOc1ccc(CCC(=O)O)c2c1CCN(C(=O)OCCC)C2.C=CC.CC. The Balaban J connectivity index is 0.00000299. The highest BCUT2D eigenvalue weighted by Gasteiger charge is 2.26. The molecule has 1 aromatic carbocycles. The third kappa shape index (κ3) is 14.6. The molecule has 0 aromatic heterocycles. The fourth-order valence-electron chi connectivity index (χ4n) is 4.01. The van der Waals surface area contributed by atoms with Crippen molar-refractivity contribution in [2.75, 3.05) is 19.8 Å². The first-order valence-electron chi connectivity index (χ1n) is 14.8. The van der Waals surface area contributed by atoms with Gasteiger partial charge in [-0.2, -0.15) is 0 Å². The number of ether oxygens (including phenoxy) is 2. The Bertz CT molecular complexity index is 1020. The zero-order valence-electron chi connectivity index (χ0n) is 26.1. The first-order chi connectivity index (χ1) is 19.7. The summed E-state index contributed by atoms with van der Waals surface area (Å²) in [6, 6.07) is 3.77. The molecule has 0 saturated carbocycles. The molecule has 0 bridgehead atoms. The number of nitrogens with one attached hydrogen (secondary N) is 1. The largest absolute Gasteiger partial charge is 0.493 e. The van der Waals surface area contributed by atoms with Crippen LogP contribution in [0.15, 0.2) is 48.7 Å². The second-order valence-corrected chi connectivity index (χ2v) is 9.33. The van der Waals surface area contributed by atoms with Crippen LogP contribution in [0, 0.1) is 0 Å². The minimum Gasteiger partial charge on any atom is -0.493 e. The zero-order valence-corrected chi connectivity index (χ0v) is 26.1. The van der Waals surface area contributed by atoms with Crippen molar-refractivity contribution >= 4 is 18.0 Å². The van der Waals surface area contributed by atoms with Gasteiger partial charge in [-0.1, -0.05) is 58.1 Å². The highest BCUT2D eigenvalue weighted by molar-refractivity contribution is 5.78. The van der Waals surface area contributed by atoms with Gasteiger partial charge in [0.25, 0.3) is 0 Å². The minimum absolute atomic E-state index is 0.0167. The number of hydrogen-bond acceptors (Lipinski definition) is 5. The van der Waals surface area contributed by atoms with E-state index in [1.54, 1.807) is 11.0 Å². The maximum absolute atomic E-state index is 12.4. The molecule has 2 rings (SSSR count). The van der Waals surface area contributed by atoms with Crippen molar-refractivity contribution < 1.29 is 29.0 Å². The van der Waals surface area contributed by atoms with Crippen LogP contribution in [0.5, 0.6) is 5.75 Å². The number of carbonyl (C=O) groups is 3. The van der Waals surface area contributed by atoms with Crippen molar-refractivity contribution in [1.82, 2.24) is 10.2 Å². The van der Waals surface area contributed by atoms with Crippen molar-refractivity contribution in [2.45, 2.75) is 99.5 Å². The number of aryl methyl sites for hydroxylation is 1. The van der Waals surface area contributed by atoms with Crippen LogP contribution in [-0.2, 0) is 33.7 Å². The summed E-state index contributed by atoms with van der Waals surface area (Å²) in [4.78, 5) is 37.5. The van der Waals surface area contributed by atoms with E-state index in [9.17, 15) is 14.4 Å². The molecule has 0 spiro atoms. The number of carboxylic acid groups (broad SMARTS) is 1. The minimum atomic E-state index is -0.862. The van der Waals surface area contributed by atoms with Gasteiger partial charge in [0, 0.05) is 43.6 Å². The number of carbonyl (C=O) groups excluding carboxylic acids is 2. The van der Waals surface area contributed by atoms with E-state index in [0.717, 1.165) is 46.6 Å². The van der Waals surface area contributed by atoms with Gasteiger partial charge in [0.05, 0.1) is 13.2 Å². The van der Waals surface area contributed by atoms with Gasteiger partial charge in [-0.05, 0) is 63.1 Å². The molecule has 0 atom stereocenters. The van der Waals surface area contributed by atoms with Gasteiger partial charge in [-0.3, -0.25) is 9.59 Å². The summed E-state index contributed by atoms with van der Waals surface area (Å²) in [5.41, 5.74) is 4.71. The summed E-state index contributed by atoms with van der Waals surface area (Å²) < 4.78 is 11.4. The van der Waals surface area contributed by atoms with E-state index in [2.05, 4.69) is 18.5 Å². The molecule has 8 heteroatoms. The highest BCUT2D eigenvalue weighted by Crippen LogP contribution is 2.32. The van der Waals surface area contributed by atoms with Gasteiger partial charge in [0.2, 0.25) is 5.91 Å². The van der Waals surface area contributed by atoms with Crippen LogP contribution in [-0.4, -0.2) is 47.7 Å². The van der Waals surface area contributed by atoms with Gasteiger partial charge in [-0.15, -0.1) is 6.58 Å². The number of rotatable bonds is 14. The van der Waals surface area contributed by atoms with Gasteiger partial charge >= 0.3 is 12.1 Å². The third-order valence-electron chi connectivity index (χ3n) is 6.24. The Hall–Kier alpha value is -3.55. The molecule has 41 heavy (non-hydrogen) atoms. The molecule has 8 nitrogen and oxygen atoms in total. The molecule has 0 saturated heterocycles. The van der Waals surface area contributed by atoms with E-state index in [0.29, 0.717) is 58.4 Å². The number of benzene rings is 1. The number of hydrogen-bond donors (Lipinski definition) is 2. The van der Waals surface area contributed by atoms with E-state index in [4.69, 9.17) is 14.6 Å². The number of fused-ring (bicyclic) bond motifs is 1. The number of nitrogens with zero attached hydrogens (tertiary/aromatic N) is 1. The fourth-order valence-corrected chi connectivity index (χ4v) is 4.01. The Morgan fingerprint density at radius 1 is 1.05 bits per heavy atom. The maximum atomic E-state index is 12.4. The molecule has 2 amide bonds. The standard InChI is InChI=1S/C28H40N2O6.C3H6.C2H6/c1-5-17-36-28(34)30-16-14-23-24(19-30)21(10-13-27(32)33)9-11-25(23)35-18-15-22(7-3)29-26(31)12-8-20(4)6-2;1-3-2;1-2/h7,9,11H,4-6,8,10,12-19H2,1-3H3,(H,29,31)(H,32,33);3H,1H2,2H3;1-2H3/b22-7+;;. The molecule has 0 fully saturated rings. The summed E-state index contributed by atoms with van der Waals surface area (Å²) >= 11 is 0. The van der Waals surface area contributed by atoms with Crippen molar-refractivity contribution in [1.29, 1.82) is 0 Å². The fraction of sp³-hybridized carbons (Fsp3) is 0.545. The van der Waals surface area contributed by atoms with Crippen molar-refractivity contribution in [3.05, 3.63) is 65.4 Å². The van der Waals surface area contributed by atoms with Crippen molar-refractivity contribution in [3.63, 3.8) is 0 Å². The Kier molecular flexibility index (Phi) is 20.3. The van der Waals surface area contributed by atoms with E-state index in [1.165, 1.54) is 0 Å². The lowest BCUT2D eigenvalue weighted by Gasteiger charge is -2.31. The first kappa shape index (κ1) is 37.5. The lowest BCUT2D eigenvalue weighted by Crippen LogP contribution is -2.37. The molecule has 2 N–H and O–H groups in total. The molecular formula is C33H52N2O6. The summed E-state index contributed by atoms with van der Waals surface area (Å²) in [5.74, 6) is -0.168. The highest BCUT2D eigenvalue weighted by atomic mass is 16.6. The average molecular weight is 573 g/mol. The van der Waals surface area contributed by atoms with Crippen LogP contribution in [0.3, 0.4) is 0 Å². The normalized spacial score (nSPS) is 12.0. The molecule has 1 heterocycles. The van der Waals surface area contributed by atoms with E-state index in [-0.39, 0.29) is 18.4 Å². The van der Waals surface area contributed by atoms with Crippen LogP contribution in [0.1, 0.15) is 96.8 Å². The van der Waals surface area contributed by atoms with Crippen LogP contribution in [0.25, 0.3) is 0 Å². The van der Waals surface area contributed by atoms with Gasteiger partial charge in [0.1, 0.15) is 5.75 Å². The summed E-state index contributed by atoms with van der Waals surface area (Å²) in [7, 11) is 0. The predicted octanol–water partition coefficient (Wildman–Crippen LogP) is 7.36. The number of amides is 2. The monoisotopic (exact) mass is 572 g/mol. The van der Waals surface area contributed by atoms with E-state index < -0.39 is 5.97 Å². The predicted molar refractivity (Wildman–Crippen MR) is 166 cm³/mol. The van der Waals surface area contributed by atoms with E-state index >= 15 is 0 Å². The molecular weight excluding hydrogens is 520 g/mol. The quantitative estimate of drug-likeness (QED) is 0.226. The Morgan fingerprint density at radius 2 is 1.73 bits per heavy atom. The Morgan fingerprint density at radius 3 is 2.32 bits per heavy atom. The molecule has 1 aromatic rings. The van der Waals surface area contributed by atoms with Gasteiger partial charge in [-0.25, -0.2) is 4.79 Å². The van der Waals surface area contributed by atoms with Crippen LogP contribution >= 0.6 is 0 Å². The maximum Gasteiger partial charge on any atom is 0.410 e. The average Bonchev–Trinajstić information content (AvgIpc) is 2.98. The second kappa shape index (κ2) is 22.2. The molecule has 0 aliphatic carbocycles. The Labute approximate surface area is 247 Å². The first-order valence-corrected chi connectivity index (χ1v) is 14.8. The lowest BCUT2D eigenvalue weighted by molar-refractivity contribution is -0.137. The molecule has 1 aliphatic heterocycles. The van der Waals surface area contributed by atoms with Crippen LogP contribution in [0.2, 0.25) is 0 Å². The summed E-state index contributed by atoms with van der Waals surface area (Å²) in [6.07, 6.45) is 7.53. The zero-order chi connectivity index (χ0) is 31.2. The molecule has 230 valence electrons. The van der Waals surface area contributed by atoms with E-state index in [1.807, 2.05) is 59.8 Å². The molecule has 0 unspecified atom stereocenters. The van der Waals surface area contributed by atoms with Crippen molar-refractivity contribution in [3.8, 4) is 5.75 Å². The second-order valence-electron chi connectivity index (χ2n) is 9.33. The third-order valence-corrected chi connectivity index (χ3v) is 6.24. The van der Waals surface area contributed by atoms with Crippen molar-refractivity contribution in [2.24, 2.45) is 0 Å². The smallest absolute Gasteiger partial charge is 0.410 e. The summed E-state index contributed by atoms with van der Waals surface area (Å²) in [5, 5.41) is 12.1. The topological polar surface area (TPSA) is 105 Å². The number of aliphatic carboxylic acids is 1. The number of allylic oxidation sites excluding steroid dienone is 3. The summed E-state index contributed by atoms with van der Waals surface area (Å²) in [6.45, 7) is 20.7. The van der Waals surface area contributed by atoms with Crippen LogP contribution < -0.4 is 10.1 Å². The molecule has 1 aliphatic rings. The molecule has 0 radical (unpaired) electrons. The van der Waals surface area contributed by atoms with Crippen LogP contribution in [0.4, 0.5) is 4.79 Å². The number of carboxylic acids is 1. The van der Waals surface area contributed by atoms with Gasteiger partial charge in [0.15, 0.2) is 0 Å². The lowest BCUT2D eigenvalue weighted by atomic mass is 9.92. The van der Waals surface area contributed by atoms with Gasteiger partial charge < -0.3 is 24.8 Å².